The molecule has 2 aliphatic heterocycles. The maximum atomic E-state index is 12.2. The number of nitrogens with zero attached hydrogens (tertiary/aromatic N) is 2. The lowest BCUT2D eigenvalue weighted by Crippen LogP contribution is -2.51. The average Bonchev–Trinajstić information content (AvgIpc) is 2.71. The van der Waals surface area contributed by atoms with Crippen molar-refractivity contribution in [3.05, 3.63) is 0 Å². The van der Waals surface area contributed by atoms with Gasteiger partial charge in [0, 0.05) is 38.8 Å². The first-order valence-corrected chi connectivity index (χ1v) is 6.28. The molecule has 1 atom stereocenters. The average molecular weight is 251 g/mol. The van der Waals surface area contributed by atoms with E-state index >= 15 is 0 Å². The van der Waals surface area contributed by atoms with Crippen molar-refractivity contribution >= 4 is 0 Å². The van der Waals surface area contributed by atoms with E-state index in [0.717, 1.165) is 26.2 Å². The number of halogens is 3. The van der Waals surface area contributed by atoms with Crippen molar-refractivity contribution in [3.63, 3.8) is 0 Å². The highest BCUT2D eigenvalue weighted by molar-refractivity contribution is 4.81. The molecule has 2 saturated heterocycles. The molecule has 0 spiro atoms. The van der Waals surface area contributed by atoms with E-state index in [-0.39, 0.29) is 0 Å². The maximum Gasteiger partial charge on any atom is 0.401 e. The number of rotatable bonds is 3. The molecule has 2 fully saturated rings. The molecular weight excluding hydrogens is 231 g/mol. The van der Waals surface area contributed by atoms with Gasteiger partial charge in [-0.3, -0.25) is 9.80 Å². The third-order valence-electron chi connectivity index (χ3n) is 3.51. The van der Waals surface area contributed by atoms with Gasteiger partial charge in [0.2, 0.25) is 0 Å². The topological polar surface area (TPSA) is 18.5 Å². The van der Waals surface area contributed by atoms with Crippen LogP contribution in [0.25, 0.3) is 0 Å². The summed E-state index contributed by atoms with van der Waals surface area (Å²) in [5.41, 5.74) is 0. The van der Waals surface area contributed by atoms with Gasteiger partial charge in [-0.2, -0.15) is 13.2 Å². The Hall–Kier alpha value is -0.330. The van der Waals surface area contributed by atoms with Gasteiger partial charge in [0.15, 0.2) is 0 Å². The van der Waals surface area contributed by atoms with E-state index in [0.29, 0.717) is 19.1 Å². The first-order chi connectivity index (χ1) is 8.03. The van der Waals surface area contributed by atoms with Crippen LogP contribution in [0.4, 0.5) is 13.2 Å². The van der Waals surface area contributed by atoms with Crippen molar-refractivity contribution in [3.8, 4) is 0 Å². The fourth-order valence-corrected chi connectivity index (χ4v) is 2.61. The zero-order valence-electron chi connectivity index (χ0n) is 9.97. The van der Waals surface area contributed by atoms with Crippen molar-refractivity contribution in [2.75, 3.05) is 45.8 Å². The lowest BCUT2D eigenvalue weighted by atomic mass is 10.2. The van der Waals surface area contributed by atoms with E-state index in [1.54, 1.807) is 0 Å². The van der Waals surface area contributed by atoms with Crippen molar-refractivity contribution in [2.24, 2.45) is 0 Å². The lowest BCUT2D eigenvalue weighted by Gasteiger charge is -2.36. The minimum atomic E-state index is -4.06. The smallest absolute Gasteiger partial charge is 0.313 e. The summed E-state index contributed by atoms with van der Waals surface area (Å²) in [7, 11) is 0. The summed E-state index contributed by atoms with van der Waals surface area (Å²) in [6.07, 6.45) is -1.64. The molecule has 0 radical (unpaired) electrons. The summed E-state index contributed by atoms with van der Waals surface area (Å²) in [6, 6.07) is 0.546. The van der Waals surface area contributed by atoms with E-state index in [9.17, 15) is 13.2 Å². The Kier molecular flexibility index (Phi) is 4.27. The molecule has 3 nitrogen and oxygen atoms in total. The van der Waals surface area contributed by atoms with Crippen LogP contribution in [0.15, 0.2) is 0 Å². The standard InChI is InChI=1S/C11H20F3N3/c12-11(13,14)9-17-6-4-16(5-7-17)8-10-2-1-3-15-10/h10,15H,1-9H2/t10-/m0/s1. The van der Waals surface area contributed by atoms with Crippen LogP contribution in [-0.2, 0) is 0 Å². The van der Waals surface area contributed by atoms with Gasteiger partial charge in [-0.15, -0.1) is 0 Å². The first kappa shape index (κ1) is 13.1. The van der Waals surface area contributed by atoms with Gasteiger partial charge < -0.3 is 5.32 Å². The molecule has 6 heteroatoms. The maximum absolute atomic E-state index is 12.2. The highest BCUT2D eigenvalue weighted by Crippen LogP contribution is 2.17. The molecule has 0 saturated carbocycles. The van der Waals surface area contributed by atoms with Gasteiger partial charge in [0.25, 0.3) is 0 Å². The molecule has 17 heavy (non-hydrogen) atoms. The fourth-order valence-electron chi connectivity index (χ4n) is 2.61. The normalized spacial score (nSPS) is 28.8. The zero-order valence-corrected chi connectivity index (χ0v) is 9.97. The van der Waals surface area contributed by atoms with E-state index in [1.165, 1.54) is 17.7 Å². The summed E-state index contributed by atoms with van der Waals surface area (Å²) in [5, 5.41) is 3.42. The fraction of sp³-hybridized carbons (Fsp3) is 1.00. The van der Waals surface area contributed by atoms with Crippen molar-refractivity contribution < 1.29 is 13.2 Å². The summed E-state index contributed by atoms with van der Waals surface area (Å²) >= 11 is 0. The Balaban J connectivity index is 1.67. The van der Waals surface area contributed by atoms with Crippen LogP contribution in [0, 0.1) is 0 Å². The monoisotopic (exact) mass is 251 g/mol. The molecule has 2 aliphatic rings. The van der Waals surface area contributed by atoms with Crippen LogP contribution in [0.2, 0.25) is 0 Å². The summed E-state index contributed by atoms with van der Waals surface area (Å²) < 4.78 is 36.6. The molecule has 0 unspecified atom stereocenters. The SMILES string of the molecule is FC(F)(F)CN1CCN(C[C@@H]2CCCN2)CC1. The van der Waals surface area contributed by atoms with Crippen molar-refractivity contribution in [1.82, 2.24) is 15.1 Å². The number of nitrogens with one attached hydrogen (secondary N) is 1. The minimum Gasteiger partial charge on any atom is -0.313 e. The Morgan fingerprint density at radius 1 is 1.06 bits per heavy atom. The van der Waals surface area contributed by atoms with Gasteiger partial charge in [-0.05, 0) is 19.4 Å². The molecule has 0 aromatic carbocycles. The molecule has 0 bridgehead atoms. The largest absolute Gasteiger partial charge is 0.401 e. The number of hydrogen-bond acceptors (Lipinski definition) is 3. The quantitative estimate of drug-likeness (QED) is 0.804. The summed E-state index contributed by atoms with van der Waals surface area (Å²) in [5.74, 6) is 0. The number of piperazine rings is 1. The van der Waals surface area contributed by atoms with Crippen molar-refractivity contribution in [2.45, 2.75) is 25.1 Å². The molecular formula is C11H20F3N3. The Labute approximate surface area is 99.9 Å². The molecule has 0 aliphatic carbocycles. The molecule has 0 amide bonds. The number of hydrogen-bond donors (Lipinski definition) is 1. The molecule has 0 aromatic heterocycles. The molecule has 100 valence electrons. The van der Waals surface area contributed by atoms with Gasteiger partial charge >= 0.3 is 6.18 Å². The van der Waals surface area contributed by atoms with Gasteiger partial charge in [-0.25, -0.2) is 0 Å². The summed E-state index contributed by atoms with van der Waals surface area (Å²) in [6.45, 7) is 3.89. The van der Waals surface area contributed by atoms with Crippen molar-refractivity contribution in [1.29, 1.82) is 0 Å². The van der Waals surface area contributed by atoms with Crippen LogP contribution in [-0.4, -0.2) is 67.8 Å². The lowest BCUT2D eigenvalue weighted by molar-refractivity contribution is -0.149. The number of alkyl halides is 3. The minimum absolute atomic E-state index is 0.534. The first-order valence-electron chi connectivity index (χ1n) is 6.28. The Morgan fingerprint density at radius 3 is 2.24 bits per heavy atom. The molecule has 1 N–H and O–H groups in total. The second kappa shape index (κ2) is 5.54. The Morgan fingerprint density at radius 2 is 1.71 bits per heavy atom. The van der Waals surface area contributed by atoms with E-state index in [1.807, 2.05) is 0 Å². The van der Waals surface area contributed by atoms with E-state index in [2.05, 4.69) is 10.2 Å². The van der Waals surface area contributed by atoms with Gasteiger partial charge in [-0.1, -0.05) is 0 Å². The van der Waals surface area contributed by atoms with Crippen LogP contribution in [0.5, 0.6) is 0 Å². The molecule has 2 rings (SSSR count). The van der Waals surface area contributed by atoms with E-state index in [4.69, 9.17) is 0 Å². The highest BCUT2D eigenvalue weighted by atomic mass is 19.4. The third kappa shape index (κ3) is 4.44. The molecule has 0 aromatic rings. The summed E-state index contributed by atoms with van der Waals surface area (Å²) in [4.78, 5) is 3.77. The van der Waals surface area contributed by atoms with Gasteiger partial charge in [0.1, 0.15) is 0 Å². The van der Waals surface area contributed by atoms with Crippen LogP contribution >= 0.6 is 0 Å². The van der Waals surface area contributed by atoms with Crippen LogP contribution < -0.4 is 5.32 Å². The predicted octanol–water partition coefficient (Wildman–Crippen LogP) is 0.918. The van der Waals surface area contributed by atoms with E-state index < -0.39 is 12.7 Å². The second-order valence-corrected chi connectivity index (χ2v) is 4.99. The molecule has 2 heterocycles. The zero-order chi connectivity index (χ0) is 12.3. The van der Waals surface area contributed by atoms with Gasteiger partial charge in [0.05, 0.1) is 6.54 Å². The highest BCUT2D eigenvalue weighted by Gasteiger charge is 2.32. The predicted molar refractivity (Wildman–Crippen MR) is 60.0 cm³/mol. The van der Waals surface area contributed by atoms with Crippen LogP contribution in [0.3, 0.4) is 0 Å². The second-order valence-electron chi connectivity index (χ2n) is 4.99. The Bertz CT molecular complexity index is 231. The third-order valence-corrected chi connectivity index (χ3v) is 3.51. The van der Waals surface area contributed by atoms with Crippen LogP contribution in [0.1, 0.15) is 12.8 Å².